The summed E-state index contributed by atoms with van der Waals surface area (Å²) < 4.78 is 25.8. The highest BCUT2D eigenvalue weighted by molar-refractivity contribution is 5.85. The van der Waals surface area contributed by atoms with Crippen molar-refractivity contribution < 1.29 is 13.9 Å². The standard InChI is InChI=1S/C9H11F2N5O/c1-16-9-5(2-15-16)8(13-4-14-9)12-3-6(17)7(10)11/h2,4,6-7,17H,3H2,1H3,(H,12,13,14). The Labute approximate surface area is 95.3 Å². The van der Waals surface area contributed by atoms with Crippen LogP contribution in [0.1, 0.15) is 0 Å². The lowest BCUT2D eigenvalue weighted by Crippen LogP contribution is -2.27. The molecule has 0 aromatic carbocycles. The van der Waals surface area contributed by atoms with E-state index in [2.05, 4.69) is 20.4 Å². The number of halogens is 2. The van der Waals surface area contributed by atoms with Gasteiger partial charge in [0, 0.05) is 13.6 Å². The monoisotopic (exact) mass is 243 g/mol. The number of aliphatic hydroxyl groups is 1. The number of nitrogens with one attached hydrogen (secondary N) is 1. The first-order valence-corrected chi connectivity index (χ1v) is 4.92. The van der Waals surface area contributed by atoms with Gasteiger partial charge in [0.05, 0.1) is 11.6 Å². The minimum absolute atomic E-state index is 0.279. The first-order chi connectivity index (χ1) is 8.09. The van der Waals surface area contributed by atoms with E-state index in [1.807, 2.05) is 0 Å². The normalized spacial score (nSPS) is 13.2. The largest absolute Gasteiger partial charge is 0.385 e. The number of hydrogen-bond acceptors (Lipinski definition) is 5. The molecule has 0 saturated heterocycles. The van der Waals surface area contributed by atoms with E-state index in [0.29, 0.717) is 16.9 Å². The Morgan fingerprint density at radius 3 is 2.94 bits per heavy atom. The molecule has 2 aromatic heterocycles. The van der Waals surface area contributed by atoms with E-state index in [0.717, 1.165) is 0 Å². The quantitative estimate of drug-likeness (QED) is 0.813. The average molecular weight is 243 g/mol. The fraction of sp³-hybridized carbons (Fsp3) is 0.444. The first-order valence-electron chi connectivity index (χ1n) is 4.92. The molecule has 2 N–H and O–H groups in total. The Balaban J connectivity index is 2.19. The fourth-order valence-electron chi connectivity index (χ4n) is 1.39. The molecule has 92 valence electrons. The molecule has 0 aliphatic heterocycles. The van der Waals surface area contributed by atoms with Gasteiger partial charge in [-0.2, -0.15) is 5.10 Å². The van der Waals surface area contributed by atoms with Crippen LogP contribution in [-0.2, 0) is 7.05 Å². The van der Waals surface area contributed by atoms with Crippen LogP contribution in [0.3, 0.4) is 0 Å². The van der Waals surface area contributed by atoms with Gasteiger partial charge in [-0.3, -0.25) is 4.68 Å². The lowest BCUT2D eigenvalue weighted by Gasteiger charge is -2.11. The summed E-state index contributed by atoms with van der Waals surface area (Å²) in [6, 6.07) is 0. The molecule has 2 heterocycles. The molecule has 8 heteroatoms. The van der Waals surface area contributed by atoms with Crippen LogP contribution >= 0.6 is 0 Å². The van der Waals surface area contributed by atoms with Crippen molar-refractivity contribution in [3.8, 4) is 0 Å². The number of anilines is 1. The summed E-state index contributed by atoms with van der Waals surface area (Å²) in [5.74, 6) is 0.378. The summed E-state index contributed by atoms with van der Waals surface area (Å²) in [4.78, 5) is 7.92. The summed E-state index contributed by atoms with van der Waals surface area (Å²) in [5.41, 5.74) is 0.592. The minimum atomic E-state index is -2.78. The highest BCUT2D eigenvalue weighted by Gasteiger charge is 2.17. The molecule has 1 atom stereocenters. The molecule has 0 amide bonds. The van der Waals surface area contributed by atoms with Crippen LogP contribution in [0.5, 0.6) is 0 Å². The van der Waals surface area contributed by atoms with Gasteiger partial charge in [-0.1, -0.05) is 0 Å². The van der Waals surface area contributed by atoms with Crippen molar-refractivity contribution in [2.45, 2.75) is 12.5 Å². The molecule has 0 aliphatic rings. The summed E-state index contributed by atoms with van der Waals surface area (Å²) in [6.45, 7) is -0.279. The second kappa shape index (κ2) is 4.58. The number of aromatic nitrogens is 4. The van der Waals surface area contributed by atoms with Gasteiger partial charge < -0.3 is 10.4 Å². The summed E-state index contributed by atoms with van der Waals surface area (Å²) in [7, 11) is 1.72. The van der Waals surface area contributed by atoms with Crippen molar-refractivity contribution in [2.75, 3.05) is 11.9 Å². The van der Waals surface area contributed by atoms with Crippen LogP contribution in [0.15, 0.2) is 12.5 Å². The van der Waals surface area contributed by atoms with Crippen molar-refractivity contribution in [2.24, 2.45) is 7.05 Å². The lowest BCUT2D eigenvalue weighted by atomic mass is 10.3. The van der Waals surface area contributed by atoms with E-state index in [1.165, 1.54) is 12.5 Å². The predicted molar refractivity (Wildman–Crippen MR) is 56.8 cm³/mol. The van der Waals surface area contributed by atoms with Crippen molar-refractivity contribution in [3.05, 3.63) is 12.5 Å². The average Bonchev–Trinajstić information content (AvgIpc) is 2.69. The van der Waals surface area contributed by atoms with Crippen molar-refractivity contribution in [1.29, 1.82) is 0 Å². The van der Waals surface area contributed by atoms with E-state index in [4.69, 9.17) is 5.11 Å². The van der Waals surface area contributed by atoms with Crippen LogP contribution in [0, 0.1) is 0 Å². The lowest BCUT2D eigenvalue weighted by molar-refractivity contribution is 0.00382. The molecular weight excluding hydrogens is 232 g/mol. The molecule has 0 radical (unpaired) electrons. The number of aryl methyl sites for hydroxylation is 1. The molecule has 17 heavy (non-hydrogen) atoms. The van der Waals surface area contributed by atoms with E-state index >= 15 is 0 Å². The van der Waals surface area contributed by atoms with Gasteiger partial charge in [0.1, 0.15) is 18.2 Å². The number of hydrogen-bond donors (Lipinski definition) is 2. The zero-order valence-corrected chi connectivity index (χ0v) is 9.01. The topological polar surface area (TPSA) is 75.9 Å². The molecule has 0 saturated carbocycles. The molecule has 1 unspecified atom stereocenters. The Kier molecular flexibility index (Phi) is 3.14. The summed E-state index contributed by atoms with van der Waals surface area (Å²) in [6.07, 6.45) is -1.67. The smallest absolute Gasteiger partial charge is 0.265 e. The van der Waals surface area contributed by atoms with Gasteiger partial charge in [0.25, 0.3) is 6.43 Å². The molecule has 0 fully saturated rings. The van der Waals surface area contributed by atoms with Crippen LogP contribution in [0.4, 0.5) is 14.6 Å². The van der Waals surface area contributed by atoms with Gasteiger partial charge in [-0.15, -0.1) is 0 Å². The van der Waals surface area contributed by atoms with Crippen LogP contribution < -0.4 is 5.32 Å². The zero-order valence-electron chi connectivity index (χ0n) is 9.01. The van der Waals surface area contributed by atoms with Gasteiger partial charge in [0.15, 0.2) is 5.65 Å². The van der Waals surface area contributed by atoms with E-state index in [-0.39, 0.29) is 6.54 Å². The third-order valence-corrected chi connectivity index (χ3v) is 2.30. The molecular formula is C9H11F2N5O. The first kappa shape index (κ1) is 11.6. The van der Waals surface area contributed by atoms with Crippen molar-refractivity contribution in [3.63, 3.8) is 0 Å². The number of alkyl halides is 2. The highest BCUT2D eigenvalue weighted by Crippen LogP contribution is 2.17. The molecule has 2 aromatic rings. The van der Waals surface area contributed by atoms with Gasteiger partial charge in [-0.25, -0.2) is 18.7 Å². The number of fused-ring (bicyclic) bond motifs is 1. The minimum Gasteiger partial charge on any atom is -0.385 e. The third-order valence-electron chi connectivity index (χ3n) is 2.30. The third kappa shape index (κ3) is 2.31. The van der Waals surface area contributed by atoms with E-state index in [9.17, 15) is 8.78 Å². The zero-order chi connectivity index (χ0) is 12.4. The Bertz CT molecular complexity index is 515. The fourth-order valence-corrected chi connectivity index (χ4v) is 1.39. The number of aliphatic hydroxyl groups excluding tert-OH is 1. The Morgan fingerprint density at radius 2 is 2.24 bits per heavy atom. The second-order valence-electron chi connectivity index (χ2n) is 3.51. The van der Waals surface area contributed by atoms with E-state index < -0.39 is 12.5 Å². The van der Waals surface area contributed by atoms with E-state index in [1.54, 1.807) is 11.7 Å². The highest BCUT2D eigenvalue weighted by atomic mass is 19.3. The maximum absolute atomic E-state index is 12.1. The van der Waals surface area contributed by atoms with Crippen molar-refractivity contribution in [1.82, 2.24) is 19.7 Å². The molecule has 0 spiro atoms. The maximum Gasteiger partial charge on any atom is 0.265 e. The number of nitrogens with zero attached hydrogens (tertiary/aromatic N) is 4. The number of rotatable bonds is 4. The maximum atomic E-state index is 12.1. The Morgan fingerprint density at radius 1 is 1.47 bits per heavy atom. The molecule has 0 aliphatic carbocycles. The predicted octanol–water partition coefficient (Wildman–Crippen LogP) is 0.401. The van der Waals surface area contributed by atoms with Crippen LogP contribution in [0.2, 0.25) is 0 Å². The molecule has 6 nitrogen and oxygen atoms in total. The van der Waals surface area contributed by atoms with Gasteiger partial charge in [-0.05, 0) is 0 Å². The Hall–Kier alpha value is -1.83. The summed E-state index contributed by atoms with van der Waals surface area (Å²) >= 11 is 0. The van der Waals surface area contributed by atoms with Gasteiger partial charge >= 0.3 is 0 Å². The van der Waals surface area contributed by atoms with Crippen LogP contribution in [-0.4, -0.2) is 43.9 Å². The van der Waals surface area contributed by atoms with Crippen LogP contribution in [0.25, 0.3) is 11.0 Å². The SMILES string of the molecule is Cn1ncc2c(NCC(O)C(F)F)ncnc21. The summed E-state index contributed by atoms with van der Waals surface area (Å²) in [5, 5.41) is 16.2. The second-order valence-corrected chi connectivity index (χ2v) is 3.51. The molecule has 0 bridgehead atoms. The van der Waals surface area contributed by atoms with Crippen molar-refractivity contribution >= 4 is 16.9 Å². The van der Waals surface area contributed by atoms with Gasteiger partial charge in [0.2, 0.25) is 0 Å². The molecule has 2 rings (SSSR count).